The number of nitrogens with zero attached hydrogens (tertiary/aromatic N) is 2. The maximum atomic E-state index is 13.7. The van der Waals surface area contributed by atoms with Crippen LogP contribution in [0.2, 0.25) is 0 Å². The van der Waals surface area contributed by atoms with E-state index in [-0.39, 0.29) is 24.4 Å². The van der Waals surface area contributed by atoms with E-state index < -0.39 is 6.04 Å². The SMILES string of the molecule is COc1ccc([C@@H]2C(=O)N(CCc3ccccc3)CC(=O)N2[C@H](C)c2ccccc2)cc1. The first-order chi connectivity index (χ1) is 15.6. The molecule has 1 aliphatic rings. The van der Waals surface area contributed by atoms with Gasteiger partial charge in [-0.2, -0.15) is 0 Å². The van der Waals surface area contributed by atoms with E-state index in [1.165, 1.54) is 0 Å². The summed E-state index contributed by atoms with van der Waals surface area (Å²) in [5.41, 5.74) is 2.94. The molecule has 2 atom stereocenters. The molecule has 0 radical (unpaired) electrons. The van der Waals surface area contributed by atoms with Gasteiger partial charge in [-0.1, -0.05) is 72.8 Å². The lowest BCUT2D eigenvalue weighted by molar-refractivity contribution is -0.158. The molecule has 0 N–H and O–H groups in total. The Morgan fingerprint density at radius 1 is 0.906 bits per heavy atom. The van der Waals surface area contributed by atoms with Crippen LogP contribution >= 0.6 is 0 Å². The molecule has 0 spiro atoms. The third-order valence-corrected chi connectivity index (χ3v) is 6.08. The van der Waals surface area contributed by atoms with Crippen LogP contribution in [-0.4, -0.2) is 41.8 Å². The monoisotopic (exact) mass is 428 g/mol. The van der Waals surface area contributed by atoms with Gasteiger partial charge in [0, 0.05) is 6.54 Å². The Morgan fingerprint density at radius 2 is 1.53 bits per heavy atom. The Bertz CT molecular complexity index is 1050. The highest BCUT2D eigenvalue weighted by Gasteiger charge is 2.42. The van der Waals surface area contributed by atoms with Gasteiger partial charge < -0.3 is 14.5 Å². The minimum absolute atomic E-state index is 0.0465. The van der Waals surface area contributed by atoms with E-state index in [2.05, 4.69) is 0 Å². The van der Waals surface area contributed by atoms with Gasteiger partial charge in [0.15, 0.2) is 0 Å². The smallest absolute Gasteiger partial charge is 0.250 e. The number of ether oxygens (including phenoxy) is 1. The van der Waals surface area contributed by atoms with Crippen LogP contribution in [0.15, 0.2) is 84.9 Å². The van der Waals surface area contributed by atoms with Crippen molar-refractivity contribution < 1.29 is 14.3 Å². The van der Waals surface area contributed by atoms with Gasteiger partial charge in [0.25, 0.3) is 5.91 Å². The Hall–Kier alpha value is -3.60. The van der Waals surface area contributed by atoms with Gasteiger partial charge in [0.2, 0.25) is 5.91 Å². The molecule has 0 saturated carbocycles. The quantitative estimate of drug-likeness (QED) is 0.560. The summed E-state index contributed by atoms with van der Waals surface area (Å²) >= 11 is 0. The van der Waals surface area contributed by atoms with Crippen molar-refractivity contribution >= 4 is 11.8 Å². The maximum absolute atomic E-state index is 13.7. The number of carbonyl (C=O) groups excluding carboxylic acids is 2. The molecule has 0 aromatic heterocycles. The number of piperazine rings is 1. The first kappa shape index (κ1) is 21.6. The van der Waals surface area contributed by atoms with Gasteiger partial charge in [0.1, 0.15) is 11.8 Å². The molecule has 5 nitrogen and oxygen atoms in total. The van der Waals surface area contributed by atoms with E-state index in [0.29, 0.717) is 18.7 Å². The second-order valence-corrected chi connectivity index (χ2v) is 8.06. The lowest BCUT2D eigenvalue weighted by Crippen LogP contribution is -2.56. The van der Waals surface area contributed by atoms with E-state index in [1.807, 2.05) is 91.9 Å². The average molecular weight is 429 g/mol. The molecule has 32 heavy (non-hydrogen) atoms. The summed E-state index contributed by atoms with van der Waals surface area (Å²) in [7, 11) is 1.61. The maximum Gasteiger partial charge on any atom is 0.250 e. The molecule has 5 heteroatoms. The van der Waals surface area contributed by atoms with Crippen LogP contribution in [0.25, 0.3) is 0 Å². The highest BCUT2D eigenvalue weighted by atomic mass is 16.5. The minimum Gasteiger partial charge on any atom is -0.497 e. The van der Waals surface area contributed by atoms with Gasteiger partial charge in [-0.05, 0) is 42.2 Å². The molecule has 2 amide bonds. The fraction of sp³-hybridized carbons (Fsp3) is 0.259. The van der Waals surface area contributed by atoms with Gasteiger partial charge in [-0.25, -0.2) is 0 Å². The van der Waals surface area contributed by atoms with Crippen LogP contribution in [0.1, 0.15) is 35.7 Å². The molecule has 4 rings (SSSR count). The zero-order valence-corrected chi connectivity index (χ0v) is 18.5. The lowest BCUT2D eigenvalue weighted by Gasteiger charge is -2.43. The molecule has 0 unspecified atom stereocenters. The normalized spacial score (nSPS) is 17.4. The van der Waals surface area contributed by atoms with Crippen molar-refractivity contribution in [3.8, 4) is 5.75 Å². The van der Waals surface area contributed by atoms with Crippen LogP contribution in [-0.2, 0) is 16.0 Å². The highest BCUT2D eigenvalue weighted by Crippen LogP contribution is 2.35. The Balaban J connectivity index is 1.65. The first-order valence-corrected chi connectivity index (χ1v) is 10.9. The van der Waals surface area contributed by atoms with Crippen molar-refractivity contribution in [1.29, 1.82) is 0 Å². The van der Waals surface area contributed by atoms with Crippen molar-refractivity contribution in [1.82, 2.24) is 9.80 Å². The molecule has 3 aromatic rings. The predicted octanol–water partition coefficient (Wildman–Crippen LogP) is 4.41. The largest absolute Gasteiger partial charge is 0.497 e. The predicted molar refractivity (Wildman–Crippen MR) is 124 cm³/mol. The third kappa shape index (κ3) is 4.52. The van der Waals surface area contributed by atoms with Gasteiger partial charge in [-0.15, -0.1) is 0 Å². The summed E-state index contributed by atoms with van der Waals surface area (Å²) in [6.45, 7) is 2.58. The summed E-state index contributed by atoms with van der Waals surface area (Å²) in [5, 5.41) is 0. The minimum atomic E-state index is -0.673. The molecule has 0 aliphatic carbocycles. The number of amides is 2. The van der Waals surface area contributed by atoms with Crippen molar-refractivity contribution in [3.63, 3.8) is 0 Å². The average Bonchev–Trinajstić information content (AvgIpc) is 2.85. The summed E-state index contributed by atoms with van der Waals surface area (Å²) in [6.07, 6.45) is 0.712. The van der Waals surface area contributed by atoms with Crippen LogP contribution in [0, 0.1) is 0 Å². The van der Waals surface area contributed by atoms with Crippen LogP contribution in [0.3, 0.4) is 0 Å². The number of hydrogen-bond acceptors (Lipinski definition) is 3. The van der Waals surface area contributed by atoms with E-state index in [4.69, 9.17) is 4.74 Å². The zero-order chi connectivity index (χ0) is 22.5. The number of carbonyl (C=O) groups is 2. The zero-order valence-electron chi connectivity index (χ0n) is 18.5. The molecule has 1 fully saturated rings. The van der Waals surface area contributed by atoms with Crippen molar-refractivity contribution in [2.75, 3.05) is 20.2 Å². The Kier molecular flexibility index (Phi) is 6.55. The van der Waals surface area contributed by atoms with Crippen molar-refractivity contribution in [3.05, 3.63) is 102 Å². The van der Waals surface area contributed by atoms with E-state index in [9.17, 15) is 9.59 Å². The summed E-state index contributed by atoms with van der Waals surface area (Å²) < 4.78 is 5.28. The fourth-order valence-electron chi connectivity index (χ4n) is 4.28. The van der Waals surface area contributed by atoms with Gasteiger partial charge in [0.05, 0.1) is 19.7 Å². The number of rotatable bonds is 7. The first-order valence-electron chi connectivity index (χ1n) is 10.9. The number of benzene rings is 3. The topological polar surface area (TPSA) is 49.9 Å². The van der Waals surface area contributed by atoms with Crippen LogP contribution < -0.4 is 4.74 Å². The molecule has 1 heterocycles. The summed E-state index contributed by atoms with van der Waals surface area (Å²) in [5.74, 6) is 0.621. The van der Waals surface area contributed by atoms with E-state index in [1.54, 1.807) is 16.9 Å². The second kappa shape index (κ2) is 9.69. The Labute approximate surface area is 189 Å². The van der Waals surface area contributed by atoms with Gasteiger partial charge in [-0.3, -0.25) is 9.59 Å². The second-order valence-electron chi connectivity index (χ2n) is 8.06. The summed E-state index contributed by atoms with van der Waals surface area (Å²) in [6, 6.07) is 26.4. The Morgan fingerprint density at radius 3 is 2.16 bits per heavy atom. The number of methoxy groups -OCH3 is 1. The van der Waals surface area contributed by atoms with E-state index in [0.717, 1.165) is 16.7 Å². The third-order valence-electron chi connectivity index (χ3n) is 6.08. The van der Waals surface area contributed by atoms with Gasteiger partial charge >= 0.3 is 0 Å². The molecule has 1 aliphatic heterocycles. The van der Waals surface area contributed by atoms with Crippen molar-refractivity contribution in [2.24, 2.45) is 0 Å². The molecule has 0 bridgehead atoms. The van der Waals surface area contributed by atoms with E-state index >= 15 is 0 Å². The lowest BCUT2D eigenvalue weighted by atomic mass is 9.96. The number of hydrogen-bond donors (Lipinski definition) is 0. The summed E-state index contributed by atoms with van der Waals surface area (Å²) in [4.78, 5) is 30.5. The molecular weight excluding hydrogens is 400 g/mol. The molecule has 3 aromatic carbocycles. The van der Waals surface area contributed by atoms with Crippen molar-refractivity contribution in [2.45, 2.75) is 25.4 Å². The molecule has 1 saturated heterocycles. The molecular formula is C27H28N2O3. The highest BCUT2D eigenvalue weighted by molar-refractivity contribution is 5.96. The fourth-order valence-corrected chi connectivity index (χ4v) is 4.28. The van der Waals surface area contributed by atoms with Crippen LogP contribution in [0.5, 0.6) is 5.75 Å². The molecule has 164 valence electrons. The standard InChI is InChI=1S/C27H28N2O3/c1-20(22-11-7-4-8-12-22)29-25(30)19-28(18-17-21-9-5-3-6-10-21)27(31)26(29)23-13-15-24(32-2)16-14-23/h3-16,20,26H,17-19H2,1-2H3/t20-,26-/m1/s1. The van der Waals surface area contributed by atoms with Crippen LogP contribution in [0.4, 0.5) is 0 Å².